The van der Waals surface area contributed by atoms with Gasteiger partial charge < -0.3 is 11.1 Å². The van der Waals surface area contributed by atoms with Gasteiger partial charge in [-0.2, -0.15) is 0 Å². The van der Waals surface area contributed by atoms with Crippen molar-refractivity contribution in [2.24, 2.45) is 11.7 Å². The average molecular weight is 239 g/mol. The fourth-order valence-electron chi connectivity index (χ4n) is 3.28. The molecule has 4 unspecified atom stereocenters. The molecule has 17 heavy (non-hydrogen) atoms. The minimum atomic E-state index is 0.244. The lowest BCUT2D eigenvalue weighted by atomic mass is 9.80. The number of hydrogen-bond acceptors (Lipinski definition) is 4. The van der Waals surface area contributed by atoms with Crippen LogP contribution in [-0.2, 0) is 4.79 Å². The summed E-state index contributed by atoms with van der Waals surface area (Å²) in [5.41, 5.74) is 6.23. The van der Waals surface area contributed by atoms with Crippen molar-refractivity contribution in [1.29, 1.82) is 0 Å². The van der Waals surface area contributed by atoms with Gasteiger partial charge in [-0.05, 0) is 39.7 Å². The first-order chi connectivity index (χ1) is 8.11. The number of carbonyl (C=O) groups excluding carboxylic acids is 1. The van der Waals surface area contributed by atoms with Crippen molar-refractivity contribution in [3.05, 3.63) is 0 Å². The fraction of sp³-hybridized carbons (Fsp3) is 0.923. The van der Waals surface area contributed by atoms with Crippen molar-refractivity contribution in [3.63, 3.8) is 0 Å². The van der Waals surface area contributed by atoms with Crippen LogP contribution in [0.4, 0.5) is 0 Å². The van der Waals surface area contributed by atoms with Crippen molar-refractivity contribution in [2.45, 2.75) is 50.7 Å². The Labute approximate surface area is 104 Å². The Morgan fingerprint density at radius 2 is 2.12 bits per heavy atom. The molecule has 2 aliphatic rings. The van der Waals surface area contributed by atoms with Gasteiger partial charge in [-0.1, -0.05) is 0 Å². The zero-order valence-corrected chi connectivity index (χ0v) is 11.0. The van der Waals surface area contributed by atoms with Gasteiger partial charge in [0.15, 0.2) is 0 Å². The van der Waals surface area contributed by atoms with Gasteiger partial charge in [0.2, 0.25) is 0 Å². The van der Waals surface area contributed by atoms with E-state index in [1.807, 2.05) is 7.05 Å². The average Bonchev–Trinajstić information content (AvgIpc) is 2.77. The molecule has 1 aliphatic carbocycles. The van der Waals surface area contributed by atoms with Crippen LogP contribution in [0.2, 0.25) is 0 Å². The number of ketones is 1. The smallest absolute Gasteiger partial charge is 0.132 e. The van der Waals surface area contributed by atoms with Crippen LogP contribution in [0.5, 0.6) is 0 Å². The Bertz CT molecular complexity index is 282. The van der Waals surface area contributed by atoms with E-state index in [2.05, 4.69) is 10.2 Å². The van der Waals surface area contributed by atoms with Crippen LogP contribution in [-0.4, -0.2) is 48.9 Å². The third kappa shape index (κ3) is 2.87. The van der Waals surface area contributed by atoms with E-state index in [0.29, 0.717) is 17.9 Å². The van der Waals surface area contributed by atoms with Crippen LogP contribution in [0.25, 0.3) is 0 Å². The number of nitrogens with one attached hydrogen (secondary N) is 1. The standard InChI is InChI=1S/C13H25N3O/c1-9(17)10-3-4-12(14)13(7-10)16-6-5-11(8-16)15-2/h10-13,15H,3-8,14H2,1-2H3. The number of Topliss-reactive ketones (excluding diaryl/α,β-unsaturated/α-hetero) is 1. The van der Waals surface area contributed by atoms with Gasteiger partial charge in [-0.25, -0.2) is 0 Å². The first kappa shape index (κ1) is 13.0. The Kier molecular flexibility index (Phi) is 4.17. The van der Waals surface area contributed by atoms with Crippen molar-refractivity contribution in [2.75, 3.05) is 20.1 Å². The van der Waals surface area contributed by atoms with E-state index >= 15 is 0 Å². The number of likely N-dealkylation sites (N-methyl/N-ethyl adjacent to an activating group) is 1. The van der Waals surface area contributed by atoms with Crippen molar-refractivity contribution in [1.82, 2.24) is 10.2 Å². The molecule has 2 rings (SSSR count). The van der Waals surface area contributed by atoms with Crippen LogP contribution in [0.1, 0.15) is 32.6 Å². The molecule has 0 spiro atoms. The molecule has 0 bridgehead atoms. The van der Waals surface area contributed by atoms with Gasteiger partial charge >= 0.3 is 0 Å². The molecule has 0 aromatic carbocycles. The number of likely N-dealkylation sites (tertiary alicyclic amines) is 1. The van der Waals surface area contributed by atoms with Gasteiger partial charge in [0.1, 0.15) is 5.78 Å². The number of hydrogen-bond donors (Lipinski definition) is 2. The van der Waals surface area contributed by atoms with Crippen LogP contribution in [0.3, 0.4) is 0 Å². The third-order valence-corrected chi connectivity index (χ3v) is 4.54. The number of nitrogens with two attached hydrogens (primary N) is 1. The Balaban J connectivity index is 1.96. The van der Waals surface area contributed by atoms with Crippen LogP contribution in [0.15, 0.2) is 0 Å². The molecular formula is C13H25N3O. The molecule has 0 aromatic rings. The molecule has 4 nitrogen and oxygen atoms in total. The maximum Gasteiger partial charge on any atom is 0.132 e. The normalized spacial score (nSPS) is 39.5. The topological polar surface area (TPSA) is 58.4 Å². The molecule has 4 atom stereocenters. The minimum Gasteiger partial charge on any atom is -0.326 e. The number of carbonyl (C=O) groups is 1. The summed E-state index contributed by atoms with van der Waals surface area (Å²) in [4.78, 5) is 14.0. The summed E-state index contributed by atoms with van der Waals surface area (Å²) in [6.07, 6.45) is 4.14. The second kappa shape index (κ2) is 5.46. The monoisotopic (exact) mass is 239 g/mol. The zero-order chi connectivity index (χ0) is 12.4. The van der Waals surface area contributed by atoms with Crippen LogP contribution in [0, 0.1) is 5.92 Å². The molecule has 1 heterocycles. The molecule has 98 valence electrons. The molecule has 1 saturated heterocycles. The molecule has 2 fully saturated rings. The first-order valence-corrected chi connectivity index (χ1v) is 6.79. The Morgan fingerprint density at radius 1 is 1.35 bits per heavy atom. The van der Waals surface area contributed by atoms with Crippen molar-refractivity contribution < 1.29 is 4.79 Å². The highest BCUT2D eigenvalue weighted by atomic mass is 16.1. The number of nitrogens with zero attached hydrogens (tertiary/aromatic N) is 1. The summed E-state index contributed by atoms with van der Waals surface area (Å²) in [6.45, 7) is 3.92. The van der Waals surface area contributed by atoms with E-state index in [0.717, 1.165) is 32.4 Å². The molecule has 1 aliphatic heterocycles. The van der Waals surface area contributed by atoms with Crippen molar-refractivity contribution in [3.8, 4) is 0 Å². The van der Waals surface area contributed by atoms with E-state index in [4.69, 9.17) is 5.73 Å². The van der Waals surface area contributed by atoms with Gasteiger partial charge in [0, 0.05) is 37.1 Å². The molecule has 0 aromatic heterocycles. The molecular weight excluding hydrogens is 214 g/mol. The van der Waals surface area contributed by atoms with Crippen LogP contribution < -0.4 is 11.1 Å². The summed E-state index contributed by atoms with van der Waals surface area (Å²) in [5.74, 6) is 0.583. The fourth-order valence-corrected chi connectivity index (χ4v) is 3.28. The quantitative estimate of drug-likeness (QED) is 0.747. The van der Waals surface area contributed by atoms with Gasteiger partial charge in [-0.15, -0.1) is 0 Å². The van der Waals surface area contributed by atoms with Gasteiger partial charge in [0.25, 0.3) is 0 Å². The molecule has 1 saturated carbocycles. The highest BCUT2D eigenvalue weighted by Crippen LogP contribution is 2.29. The maximum atomic E-state index is 11.5. The summed E-state index contributed by atoms with van der Waals surface area (Å²) < 4.78 is 0. The van der Waals surface area contributed by atoms with Crippen molar-refractivity contribution >= 4 is 5.78 Å². The summed E-state index contributed by atoms with van der Waals surface area (Å²) in [7, 11) is 2.02. The van der Waals surface area contributed by atoms with E-state index in [9.17, 15) is 4.79 Å². The Hall–Kier alpha value is -0.450. The summed E-state index contributed by atoms with van der Waals surface area (Å²) in [5, 5.41) is 3.33. The van der Waals surface area contributed by atoms with E-state index in [-0.39, 0.29) is 12.0 Å². The molecule has 3 N–H and O–H groups in total. The highest BCUT2D eigenvalue weighted by molar-refractivity contribution is 5.78. The van der Waals surface area contributed by atoms with Gasteiger partial charge in [0.05, 0.1) is 0 Å². The number of rotatable bonds is 3. The molecule has 4 heteroatoms. The lowest BCUT2D eigenvalue weighted by Gasteiger charge is -2.39. The third-order valence-electron chi connectivity index (χ3n) is 4.54. The SMILES string of the molecule is CNC1CCN(C2CC(C(C)=O)CCC2N)C1. The maximum absolute atomic E-state index is 11.5. The second-order valence-corrected chi connectivity index (χ2v) is 5.62. The van der Waals surface area contributed by atoms with E-state index < -0.39 is 0 Å². The summed E-state index contributed by atoms with van der Waals surface area (Å²) >= 11 is 0. The second-order valence-electron chi connectivity index (χ2n) is 5.62. The predicted octanol–water partition coefficient (Wildman–Crippen LogP) is 0.365. The molecule has 0 radical (unpaired) electrons. The lowest BCUT2D eigenvalue weighted by molar-refractivity contribution is -0.122. The zero-order valence-electron chi connectivity index (χ0n) is 11.0. The first-order valence-electron chi connectivity index (χ1n) is 6.79. The highest BCUT2D eigenvalue weighted by Gasteiger charge is 2.36. The van der Waals surface area contributed by atoms with E-state index in [1.54, 1.807) is 6.92 Å². The summed E-state index contributed by atoms with van der Waals surface area (Å²) in [6, 6.07) is 1.26. The lowest BCUT2D eigenvalue weighted by Crippen LogP contribution is -2.51. The minimum absolute atomic E-state index is 0.244. The largest absolute Gasteiger partial charge is 0.326 e. The Morgan fingerprint density at radius 3 is 2.71 bits per heavy atom. The van der Waals surface area contributed by atoms with E-state index in [1.165, 1.54) is 6.42 Å². The van der Waals surface area contributed by atoms with Gasteiger partial charge in [-0.3, -0.25) is 9.69 Å². The van der Waals surface area contributed by atoms with Crippen LogP contribution >= 0.6 is 0 Å². The molecule has 0 amide bonds. The predicted molar refractivity (Wildman–Crippen MR) is 68.8 cm³/mol.